The van der Waals surface area contributed by atoms with Crippen molar-refractivity contribution in [1.29, 1.82) is 0 Å². The number of sulfonamides is 1. The number of carbonyl (C=O) groups excluding carboxylic acids is 1. The Hall–Kier alpha value is -2.13. The van der Waals surface area contributed by atoms with Crippen LogP contribution in [0.4, 0.5) is 5.69 Å². The maximum atomic E-state index is 12.9. The van der Waals surface area contributed by atoms with Crippen LogP contribution in [0.2, 0.25) is 5.02 Å². The molecule has 1 aliphatic rings. The lowest BCUT2D eigenvalue weighted by atomic mass is 10.3. The summed E-state index contributed by atoms with van der Waals surface area (Å²) in [6, 6.07) is 13.3. The largest absolute Gasteiger partial charge is 0.493 e. The first-order valence-electron chi connectivity index (χ1n) is 9.89. The van der Waals surface area contributed by atoms with Crippen LogP contribution in [0.25, 0.3) is 0 Å². The fraction of sp³-hybridized carbons (Fsp3) is 0.381. The minimum absolute atomic E-state index is 0.137. The zero-order valence-corrected chi connectivity index (χ0v) is 18.5. The second-order valence-electron chi connectivity index (χ2n) is 6.97. The number of piperazine rings is 1. The normalized spacial score (nSPS) is 15.7. The number of ether oxygens (including phenoxy) is 1. The molecule has 1 amide bonds. The van der Waals surface area contributed by atoms with Crippen molar-refractivity contribution >= 4 is 33.2 Å². The number of halogens is 1. The van der Waals surface area contributed by atoms with Gasteiger partial charge in [-0.05, 0) is 49.0 Å². The molecule has 0 spiro atoms. The number of benzene rings is 2. The van der Waals surface area contributed by atoms with E-state index in [9.17, 15) is 13.2 Å². The fourth-order valence-electron chi connectivity index (χ4n) is 3.19. The number of anilines is 1. The molecule has 1 heterocycles. The zero-order chi connectivity index (χ0) is 21.6. The lowest BCUT2D eigenvalue weighted by Gasteiger charge is -2.33. The van der Waals surface area contributed by atoms with E-state index >= 15 is 0 Å². The molecular formula is C21H26ClN3O4S. The second kappa shape index (κ2) is 10.3. The SMILES string of the molecule is CCN1CCN(S(=O)(=O)c2cccc(NC(=O)CCOc3ccc(Cl)cc3)c2)CC1. The highest BCUT2D eigenvalue weighted by molar-refractivity contribution is 7.89. The predicted molar refractivity (Wildman–Crippen MR) is 118 cm³/mol. The van der Waals surface area contributed by atoms with Gasteiger partial charge in [0.05, 0.1) is 17.9 Å². The summed E-state index contributed by atoms with van der Waals surface area (Å²) in [5, 5.41) is 3.35. The van der Waals surface area contributed by atoms with Gasteiger partial charge in [0, 0.05) is 36.9 Å². The molecule has 7 nitrogen and oxygen atoms in total. The van der Waals surface area contributed by atoms with E-state index in [0.29, 0.717) is 29.5 Å². The molecule has 162 valence electrons. The summed E-state index contributed by atoms with van der Waals surface area (Å²) < 4.78 is 32.9. The Morgan fingerprint density at radius 1 is 1.10 bits per heavy atom. The quantitative estimate of drug-likeness (QED) is 0.667. The molecule has 30 heavy (non-hydrogen) atoms. The van der Waals surface area contributed by atoms with Crippen LogP contribution >= 0.6 is 11.6 Å². The number of nitrogens with one attached hydrogen (secondary N) is 1. The van der Waals surface area contributed by atoms with E-state index in [0.717, 1.165) is 19.6 Å². The Labute approximate surface area is 182 Å². The van der Waals surface area contributed by atoms with Crippen LogP contribution in [0.5, 0.6) is 5.75 Å². The van der Waals surface area contributed by atoms with Crippen molar-refractivity contribution in [3.63, 3.8) is 0 Å². The van der Waals surface area contributed by atoms with E-state index in [1.807, 2.05) is 0 Å². The summed E-state index contributed by atoms with van der Waals surface area (Å²) >= 11 is 5.83. The van der Waals surface area contributed by atoms with Gasteiger partial charge in [0.1, 0.15) is 5.75 Å². The van der Waals surface area contributed by atoms with E-state index in [-0.39, 0.29) is 23.8 Å². The van der Waals surface area contributed by atoms with Crippen molar-refractivity contribution in [3.05, 3.63) is 53.6 Å². The average Bonchev–Trinajstić information content (AvgIpc) is 2.75. The smallest absolute Gasteiger partial charge is 0.243 e. The number of amides is 1. The Bertz CT molecular complexity index is 958. The second-order valence-corrected chi connectivity index (χ2v) is 9.34. The summed E-state index contributed by atoms with van der Waals surface area (Å²) in [6.45, 7) is 5.56. The van der Waals surface area contributed by atoms with Crippen molar-refractivity contribution in [1.82, 2.24) is 9.21 Å². The summed E-state index contributed by atoms with van der Waals surface area (Å²) in [6.07, 6.45) is 0.137. The molecule has 1 aliphatic heterocycles. The topological polar surface area (TPSA) is 79.0 Å². The highest BCUT2D eigenvalue weighted by Crippen LogP contribution is 2.21. The molecule has 2 aromatic rings. The summed E-state index contributed by atoms with van der Waals surface area (Å²) in [4.78, 5) is 14.6. The molecule has 0 saturated carbocycles. The van der Waals surface area contributed by atoms with E-state index in [1.165, 1.54) is 10.4 Å². The highest BCUT2D eigenvalue weighted by Gasteiger charge is 2.28. The number of nitrogens with zero attached hydrogens (tertiary/aromatic N) is 2. The van der Waals surface area contributed by atoms with E-state index < -0.39 is 10.0 Å². The van der Waals surface area contributed by atoms with Crippen LogP contribution in [-0.2, 0) is 14.8 Å². The van der Waals surface area contributed by atoms with E-state index in [1.54, 1.807) is 42.5 Å². The molecule has 1 N–H and O–H groups in total. The minimum atomic E-state index is -3.59. The van der Waals surface area contributed by atoms with Crippen molar-refractivity contribution < 1.29 is 17.9 Å². The Morgan fingerprint density at radius 2 is 1.80 bits per heavy atom. The Balaban J connectivity index is 1.55. The third-order valence-electron chi connectivity index (χ3n) is 4.95. The molecule has 0 aliphatic carbocycles. The molecule has 9 heteroatoms. The third kappa shape index (κ3) is 5.95. The van der Waals surface area contributed by atoms with Crippen LogP contribution < -0.4 is 10.1 Å². The van der Waals surface area contributed by atoms with E-state index in [2.05, 4.69) is 17.1 Å². The first-order valence-corrected chi connectivity index (χ1v) is 11.7. The molecule has 0 bridgehead atoms. The van der Waals surface area contributed by atoms with Crippen LogP contribution in [-0.4, -0.2) is 62.9 Å². The molecule has 3 rings (SSSR count). The summed E-state index contributed by atoms with van der Waals surface area (Å²) in [5.41, 5.74) is 0.444. The van der Waals surface area contributed by atoms with Crippen LogP contribution in [0.15, 0.2) is 53.4 Å². The first kappa shape index (κ1) is 22.6. The fourth-order valence-corrected chi connectivity index (χ4v) is 4.78. The van der Waals surface area contributed by atoms with Crippen LogP contribution in [0.1, 0.15) is 13.3 Å². The van der Waals surface area contributed by atoms with Gasteiger partial charge in [-0.2, -0.15) is 4.31 Å². The average molecular weight is 452 g/mol. The van der Waals surface area contributed by atoms with Gasteiger partial charge in [-0.15, -0.1) is 0 Å². The maximum absolute atomic E-state index is 12.9. The lowest BCUT2D eigenvalue weighted by Crippen LogP contribution is -2.48. The number of carbonyl (C=O) groups is 1. The van der Waals surface area contributed by atoms with Crippen molar-refractivity contribution in [2.75, 3.05) is 44.6 Å². The number of hydrogen-bond acceptors (Lipinski definition) is 5. The number of rotatable bonds is 8. The third-order valence-corrected chi connectivity index (χ3v) is 7.09. The molecule has 0 unspecified atom stereocenters. The Kier molecular flexibility index (Phi) is 7.71. The van der Waals surface area contributed by atoms with Gasteiger partial charge in [-0.1, -0.05) is 24.6 Å². The molecule has 1 saturated heterocycles. The first-order chi connectivity index (χ1) is 14.4. The van der Waals surface area contributed by atoms with Gasteiger partial charge in [-0.3, -0.25) is 4.79 Å². The molecule has 1 fully saturated rings. The Morgan fingerprint density at radius 3 is 2.47 bits per heavy atom. The lowest BCUT2D eigenvalue weighted by molar-refractivity contribution is -0.116. The predicted octanol–water partition coefficient (Wildman–Crippen LogP) is 3.07. The standard InChI is InChI=1S/C21H26ClN3O4S/c1-2-24-11-13-25(14-12-24)30(27,28)20-5-3-4-18(16-20)23-21(26)10-15-29-19-8-6-17(22)7-9-19/h3-9,16H,2,10-15H2,1H3,(H,23,26). The maximum Gasteiger partial charge on any atom is 0.243 e. The molecule has 0 aromatic heterocycles. The highest BCUT2D eigenvalue weighted by atomic mass is 35.5. The summed E-state index contributed by atoms with van der Waals surface area (Å²) in [7, 11) is -3.59. The van der Waals surface area contributed by atoms with Crippen LogP contribution in [0, 0.1) is 0 Å². The number of hydrogen-bond donors (Lipinski definition) is 1. The monoisotopic (exact) mass is 451 g/mol. The summed E-state index contributed by atoms with van der Waals surface area (Å²) in [5.74, 6) is 0.374. The van der Waals surface area contributed by atoms with Gasteiger partial charge >= 0.3 is 0 Å². The molecule has 0 atom stereocenters. The number of likely N-dealkylation sites (N-methyl/N-ethyl adjacent to an activating group) is 1. The van der Waals surface area contributed by atoms with Gasteiger partial charge in [0.15, 0.2) is 0 Å². The van der Waals surface area contributed by atoms with Gasteiger partial charge in [0.2, 0.25) is 15.9 Å². The van der Waals surface area contributed by atoms with E-state index in [4.69, 9.17) is 16.3 Å². The molecule has 0 radical (unpaired) electrons. The van der Waals surface area contributed by atoms with Crippen molar-refractivity contribution in [2.45, 2.75) is 18.2 Å². The molecular weight excluding hydrogens is 426 g/mol. The minimum Gasteiger partial charge on any atom is -0.493 e. The zero-order valence-electron chi connectivity index (χ0n) is 16.9. The van der Waals surface area contributed by atoms with Gasteiger partial charge in [-0.25, -0.2) is 8.42 Å². The van der Waals surface area contributed by atoms with Crippen LogP contribution in [0.3, 0.4) is 0 Å². The van der Waals surface area contributed by atoms with Gasteiger partial charge in [0.25, 0.3) is 0 Å². The van der Waals surface area contributed by atoms with Crippen molar-refractivity contribution in [2.24, 2.45) is 0 Å². The molecule has 2 aromatic carbocycles. The van der Waals surface area contributed by atoms with Crippen molar-refractivity contribution in [3.8, 4) is 5.75 Å². The van der Waals surface area contributed by atoms with Gasteiger partial charge < -0.3 is 15.0 Å².